The summed E-state index contributed by atoms with van der Waals surface area (Å²) < 4.78 is 50.8. The molecule has 6 rings (SSSR count). The molecule has 1 aliphatic carbocycles. The number of piperidine rings is 1. The first-order chi connectivity index (χ1) is 40.2. The van der Waals surface area contributed by atoms with E-state index in [2.05, 4.69) is 31.7 Å². The lowest BCUT2D eigenvalue weighted by Crippen LogP contribution is -2.49. The highest BCUT2D eigenvalue weighted by atomic mass is 32.2. The molecule has 3 fully saturated rings. The number of aromatic hydroxyl groups is 2. The fourth-order valence-corrected chi connectivity index (χ4v) is 9.97. The Balaban J connectivity index is 0.000000325. The molecule has 83 heavy (non-hydrogen) atoms. The van der Waals surface area contributed by atoms with Crippen LogP contribution in [-0.4, -0.2) is 231 Å². The topological polar surface area (TPSA) is 353 Å². The van der Waals surface area contributed by atoms with E-state index in [1.807, 2.05) is 14.0 Å². The molecule has 26 nitrogen and oxygen atoms in total. The molecule has 3 saturated heterocycles. The van der Waals surface area contributed by atoms with Crippen LogP contribution in [0.5, 0.6) is 17.2 Å². The monoisotopic (exact) mass is 1190 g/mol. The number of ketones is 2. The average molecular weight is 1190 g/mol. The molecule has 0 spiro atoms. The summed E-state index contributed by atoms with van der Waals surface area (Å²) in [6, 6.07) is 4.51. The lowest BCUT2D eigenvalue weighted by molar-refractivity contribution is -0.255. The van der Waals surface area contributed by atoms with Crippen LogP contribution in [0.3, 0.4) is 0 Å². The van der Waals surface area contributed by atoms with Crippen LogP contribution in [-0.2, 0) is 68.4 Å². The van der Waals surface area contributed by atoms with Crippen LogP contribution < -0.4 is 37.3 Å². The van der Waals surface area contributed by atoms with Crippen molar-refractivity contribution < 1.29 is 91.5 Å². The van der Waals surface area contributed by atoms with Crippen LogP contribution in [0.2, 0.25) is 0 Å². The minimum absolute atomic E-state index is 0.0161. The van der Waals surface area contributed by atoms with Crippen molar-refractivity contribution in [2.45, 2.75) is 95.3 Å². The van der Waals surface area contributed by atoms with E-state index < -0.39 is 53.2 Å². The number of ether oxygens (including phenoxy) is 9. The molecule has 2 aromatic rings. The van der Waals surface area contributed by atoms with Crippen molar-refractivity contribution in [3.8, 4) is 17.2 Å². The predicted molar refractivity (Wildman–Crippen MR) is 304 cm³/mol. The first-order valence-corrected chi connectivity index (χ1v) is 29.3. The van der Waals surface area contributed by atoms with E-state index >= 15 is 0 Å². The molecule has 0 aromatic heterocycles. The minimum Gasteiger partial charge on any atom is -0.507 e. The SMILES string of the molecule is CNCCNC(=O)CSCCC=O.CNNCc1c(O)c2c(c(O)c1[C@H](C[C@H](O)C=O)OC1CC[C@H](OC3COCCN3)[C@H](C)O1)C(=O)c1c(OC)cccc1C2=O.NC(=O)C1CCN(CCOCCOCCOCCOCCC=O)CC1. The van der Waals surface area contributed by atoms with Crippen molar-refractivity contribution in [3.05, 3.63) is 51.6 Å². The number of hydrogen-bond donors (Lipinski definition) is 9. The number of likely N-dealkylation sites (N-methyl/N-ethyl adjacent to an activating group) is 1. The normalized spacial score (nSPS) is 19.6. The zero-order valence-electron chi connectivity index (χ0n) is 48.2. The van der Waals surface area contributed by atoms with Crippen LogP contribution in [0.4, 0.5) is 0 Å². The van der Waals surface area contributed by atoms with Crippen molar-refractivity contribution in [3.63, 3.8) is 0 Å². The molecule has 0 bridgehead atoms. The largest absolute Gasteiger partial charge is 0.507 e. The molecular weight excluding hydrogens is 1110 g/mol. The van der Waals surface area contributed by atoms with Crippen molar-refractivity contribution in [2.75, 3.05) is 138 Å². The second-order valence-electron chi connectivity index (χ2n) is 19.5. The third kappa shape index (κ3) is 23.7. The fraction of sp³-hybridized carbons (Fsp3) is 0.661. The van der Waals surface area contributed by atoms with Gasteiger partial charge in [0.1, 0.15) is 48.4 Å². The van der Waals surface area contributed by atoms with Crippen LogP contribution >= 0.6 is 11.8 Å². The fourth-order valence-electron chi connectivity index (χ4n) is 9.27. The van der Waals surface area contributed by atoms with Gasteiger partial charge in [0.05, 0.1) is 114 Å². The lowest BCUT2D eigenvalue weighted by atomic mass is 9.79. The number of rotatable bonds is 36. The number of likely N-dealkylation sites (tertiary alicyclic amines) is 1. The number of amides is 2. The van der Waals surface area contributed by atoms with Crippen molar-refractivity contribution >= 4 is 54.0 Å². The van der Waals surface area contributed by atoms with Gasteiger partial charge >= 0.3 is 0 Å². The Kier molecular flexibility index (Phi) is 34.2. The number of aldehydes is 3. The maximum Gasteiger partial charge on any atom is 0.230 e. The number of nitrogens with one attached hydrogen (secondary N) is 5. The number of primary amides is 1. The molecular formula is C56H87N7O19S. The maximum absolute atomic E-state index is 13.9. The van der Waals surface area contributed by atoms with Gasteiger partial charge in [0.25, 0.3) is 0 Å². The van der Waals surface area contributed by atoms with E-state index in [9.17, 15) is 48.9 Å². The highest BCUT2D eigenvalue weighted by molar-refractivity contribution is 7.99. The highest BCUT2D eigenvalue weighted by Gasteiger charge is 2.42. The van der Waals surface area contributed by atoms with E-state index in [0.717, 1.165) is 57.3 Å². The number of phenols is 2. The smallest absolute Gasteiger partial charge is 0.230 e. The maximum atomic E-state index is 13.9. The number of fused-ring (bicyclic) bond motifs is 2. The molecule has 10 N–H and O–H groups in total. The minimum atomic E-state index is -1.52. The summed E-state index contributed by atoms with van der Waals surface area (Å²) in [5, 5.41) is 42.7. The Morgan fingerprint density at radius 3 is 2.16 bits per heavy atom. The van der Waals surface area contributed by atoms with Gasteiger partial charge < -0.3 is 93.6 Å². The molecule has 27 heteroatoms. The summed E-state index contributed by atoms with van der Waals surface area (Å²) >= 11 is 1.48. The summed E-state index contributed by atoms with van der Waals surface area (Å²) in [7, 11) is 4.77. The number of nitrogens with zero attached hydrogens (tertiary/aromatic N) is 1. The summed E-state index contributed by atoms with van der Waals surface area (Å²) in [5.41, 5.74) is 10.00. The van der Waals surface area contributed by atoms with Gasteiger partial charge in [-0.05, 0) is 59.4 Å². The van der Waals surface area contributed by atoms with E-state index in [0.29, 0.717) is 117 Å². The Bertz CT molecular complexity index is 2310. The quantitative estimate of drug-likeness (QED) is 0.0165. The molecule has 3 aliphatic heterocycles. The van der Waals surface area contributed by atoms with Gasteiger partial charge in [0, 0.05) is 86.8 Å². The van der Waals surface area contributed by atoms with E-state index in [4.69, 9.17) is 48.4 Å². The van der Waals surface area contributed by atoms with Crippen LogP contribution in [0.1, 0.15) is 101 Å². The van der Waals surface area contributed by atoms with Gasteiger partial charge in [-0.15, -0.1) is 0 Å². The molecule has 2 aromatic carbocycles. The number of hydrazine groups is 1. The van der Waals surface area contributed by atoms with Gasteiger partial charge in [-0.1, -0.05) is 12.1 Å². The van der Waals surface area contributed by atoms with Crippen molar-refractivity contribution in [2.24, 2.45) is 11.7 Å². The molecule has 2 unspecified atom stereocenters. The second-order valence-corrected chi connectivity index (χ2v) is 20.6. The number of thioether (sulfide) groups is 1. The number of nitrogens with two attached hydrogens (primary N) is 1. The first-order valence-electron chi connectivity index (χ1n) is 28.1. The number of carbonyl (C=O) groups is 7. The van der Waals surface area contributed by atoms with Crippen LogP contribution in [0.15, 0.2) is 18.2 Å². The number of aliphatic hydroxyl groups excluding tert-OH is 1. The Morgan fingerprint density at radius 2 is 1.55 bits per heavy atom. The average Bonchev–Trinajstić information content (AvgIpc) is 1.90. The molecule has 0 radical (unpaired) electrons. The number of phenolic OH excluding ortho intramolecular Hbond substituents is 2. The number of morpholine rings is 1. The zero-order valence-corrected chi connectivity index (χ0v) is 49.0. The van der Waals surface area contributed by atoms with E-state index in [1.165, 1.54) is 31.0 Å². The van der Waals surface area contributed by atoms with Gasteiger partial charge in [0.2, 0.25) is 17.6 Å². The standard InChI is InChI=1S/C31H39N3O11.C17H32N2O6.C8H16N2O2S/c1-15-19(44-22-14-42-10-9-33-22)7-8-23(43-15)45-21(11-16(36)13-35)25-18(12-34-32-2)29(38)26-27(31(25)40)30(39)24-17(28(26)37)5-4-6-20(24)41-3;18-17(21)16-2-4-19(5-3-16)6-9-23-11-13-25-15-14-24-12-10-22-8-1-7-20;1-9-3-4-10-8(12)7-13-6-2-5-11/h4-6,13,15-16,19,21-23,32-34,36,38,40H,7-12,14H2,1-3H3;7,16H,1-6,8-15H2,(H2,18,21);5,9H,2-4,6-7H2,1H3,(H,10,12)/t15-,16-,19-,21-,22?,23?;;/m0../s1. The molecule has 6 atom stereocenters. The number of carbonyl (C=O) groups excluding carboxylic acids is 7. The Morgan fingerprint density at radius 1 is 0.880 bits per heavy atom. The summed E-state index contributed by atoms with van der Waals surface area (Å²) in [6.45, 7) is 11.8. The molecule has 4 aliphatic rings. The Hall–Kier alpha value is -5.08. The first kappa shape index (κ1) is 70.4. The predicted octanol–water partition coefficient (Wildman–Crippen LogP) is 0.453. The van der Waals surface area contributed by atoms with Gasteiger partial charge in [-0.3, -0.25) is 35.3 Å². The van der Waals surface area contributed by atoms with Crippen LogP contribution in [0, 0.1) is 5.92 Å². The number of benzene rings is 2. The van der Waals surface area contributed by atoms with Gasteiger partial charge in [-0.2, -0.15) is 11.8 Å². The summed E-state index contributed by atoms with van der Waals surface area (Å²) in [6.07, 6.45) is 0.642. The van der Waals surface area contributed by atoms with Gasteiger partial charge in [-0.25, -0.2) is 0 Å². The number of hydrogen-bond acceptors (Lipinski definition) is 25. The number of aliphatic hydroxyl groups is 1. The summed E-state index contributed by atoms with van der Waals surface area (Å²) in [5.74, 6) is -1.40. The van der Waals surface area contributed by atoms with Gasteiger partial charge in [0.15, 0.2) is 12.1 Å². The van der Waals surface area contributed by atoms with Crippen molar-refractivity contribution in [1.82, 2.24) is 31.7 Å². The zero-order chi connectivity index (χ0) is 60.4. The van der Waals surface area contributed by atoms with E-state index in [-0.39, 0.29) is 76.6 Å². The molecule has 2 amide bonds. The summed E-state index contributed by atoms with van der Waals surface area (Å²) in [4.78, 5) is 83.6. The molecule has 0 saturated carbocycles. The molecule has 466 valence electrons. The highest BCUT2D eigenvalue weighted by Crippen LogP contribution is 2.48. The third-order valence-electron chi connectivity index (χ3n) is 13.6. The van der Waals surface area contributed by atoms with Crippen molar-refractivity contribution in [1.29, 1.82) is 0 Å². The molecule has 3 heterocycles. The number of methoxy groups -OCH3 is 1. The van der Waals surface area contributed by atoms with E-state index in [1.54, 1.807) is 13.1 Å². The lowest BCUT2D eigenvalue weighted by Gasteiger charge is -2.39. The van der Waals surface area contributed by atoms with Crippen LogP contribution in [0.25, 0.3) is 0 Å². The third-order valence-corrected chi connectivity index (χ3v) is 14.6. The second kappa shape index (κ2) is 40.3. The Labute approximate surface area is 489 Å².